The highest BCUT2D eigenvalue weighted by molar-refractivity contribution is 6.33. The van der Waals surface area contributed by atoms with Gasteiger partial charge in [-0.25, -0.2) is 14.5 Å². The average Bonchev–Trinajstić information content (AvgIpc) is 3.58. The Morgan fingerprint density at radius 1 is 1.20 bits per heavy atom. The second-order valence-corrected chi connectivity index (χ2v) is 8.85. The van der Waals surface area contributed by atoms with Crippen LogP contribution in [0.5, 0.6) is 0 Å². The van der Waals surface area contributed by atoms with Gasteiger partial charge in [-0.15, -0.1) is 0 Å². The minimum Gasteiger partial charge on any atom is -0.346 e. The van der Waals surface area contributed by atoms with E-state index in [-0.39, 0.29) is 17.5 Å². The highest BCUT2D eigenvalue weighted by Gasteiger charge is 2.34. The first-order valence-electron chi connectivity index (χ1n) is 11.2. The summed E-state index contributed by atoms with van der Waals surface area (Å²) in [6.07, 6.45) is 6.55. The van der Waals surface area contributed by atoms with E-state index in [9.17, 15) is 9.59 Å². The van der Waals surface area contributed by atoms with Gasteiger partial charge in [0.05, 0.1) is 27.8 Å². The number of amides is 1. The molecule has 0 bridgehead atoms. The van der Waals surface area contributed by atoms with Gasteiger partial charge < -0.3 is 15.2 Å². The number of aromatic amines is 1. The van der Waals surface area contributed by atoms with E-state index in [1.807, 2.05) is 30.3 Å². The summed E-state index contributed by atoms with van der Waals surface area (Å²) in [4.78, 5) is 39.7. The van der Waals surface area contributed by atoms with Crippen molar-refractivity contribution in [2.45, 2.75) is 25.8 Å². The van der Waals surface area contributed by atoms with E-state index < -0.39 is 0 Å². The molecule has 0 radical (unpaired) electrons. The zero-order valence-electron chi connectivity index (χ0n) is 18.8. The summed E-state index contributed by atoms with van der Waals surface area (Å²) in [7, 11) is 0. The van der Waals surface area contributed by atoms with Gasteiger partial charge in [-0.05, 0) is 31.0 Å². The Morgan fingerprint density at radius 2 is 2.03 bits per heavy atom. The van der Waals surface area contributed by atoms with Crippen molar-refractivity contribution in [3.8, 4) is 5.69 Å². The lowest BCUT2D eigenvalue weighted by atomic mass is 10.1. The van der Waals surface area contributed by atoms with E-state index in [0.717, 1.165) is 12.8 Å². The molecule has 1 saturated heterocycles. The second kappa shape index (κ2) is 8.24. The molecule has 1 aliphatic heterocycles. The maximum Gasteiger partial charge on any atom is 0.284 e. The van der Waals surface area contributed by atoms with Crippen LogP contribution >= 0.6 is 11.6 Å². The van der Waals surface area contributed by atoms with E-state index in [4.69, 9.17) is 16.7 Å². The summed E-state index contributed by atoms with van der Waals surface area (Å²) in [6, 6.07) is 10.9. The van der Waals surface area contributed by atoms with E-state index >= 15 is 0 Å². The van der Waals surface area contributed by atoms with Crippen LogP contribution in [-0.4, -0.2) is 41.6 Å². The third-order valence-electron chi connectivity index (χ3n) is 6.26. The molecule has 2 N–H and O–H groups in total. The second-order valence-electron chi connectivity index (χ2n) is 8.45. The molecule has 0 spiro atoms. The van der Waals surface area contributed by atoms with Crippen molar-refractivity contribution in [1.82, 2.24) is 29.1 Å². The van der Waals surface area contributed by atoms with E-state index in [1.54, 1.807) is 27.5 Å². The minimum absolute atomic E-state index is 0.187. The number of H-pyrrole nitrogens is 1. The normalized spacial score (nSPS) is 15.8. The Hall–Kier alpha value is -4.18. The molecule has 6 rings (SSSR count). The standard InChI is InChI=1S/C24H21ClN8O2/c1-14(34)29-17-12-26-21-19(17)23(28-13-27-21)31-10-5-8-18(31)22-30-32-11-9-16(25)20(32)24(35)33(22)15-6-3-2-4-7-15/h2-4,6-7,9,11-13,18H,5,8,10H2,1H3,(H,29,34)(H,26,27,28)/t18-/m0/s1. The molecule has 11 heteroatoms. The molecule has 1 fully saturated rings. The largest absolute Gasteiger partial charge is 0.346 e. The molecule has 1 atom stereocenters. The fraction of sp³-hybridized carbons (Fsp3) is 0.208. The number of nitrogens with zero attached hydrogens (tertiary/aromatic N) is 6. The molecule has 1 aromatic carbocycles. The van der Waals surface area contributed by atoms with Crippen LogP contribution in [0, 0.1) is 0 Å². The number of carbonyl (C=O) groups excluding carboxylic acids is 1. The molecule has 176 valence electrons. The van der Waals surface area contributed by atoms with Crippen molar-refractivity contribution in [3.05, 3.63) is 76.3 Å². The van der Waals surface area contributed by atoms with Crippen LogP contribution in [0.3, 0.4) is 0 Å². The van der Waals surface area contributed by atoms with Crippen LogP contribution in [0.15, 0.2) is 59.9 Å². The molecule has 1 amide bonds. The number of nitrogens with one attached hydrogen (secondary N) is 2. The number of hydrogen-bond donors (Lipinski definition) is 2. The topological polar surface area (TPSA) is 113 Å². The van der Waals surface area contributed by atoms with Gasteiger partial charge in [0.15, 0.2) is 5.82 Å². The summed E-state index contributed by atoms with van der Waals surface area (Å²) in [5.41, 5.74) is 2.02. The lowest BCUT2D eigenvalue weighted by molar-refractivity contribution is -0.114. The van der Waals surface area contributed by atoms with Crippen LogP contribution in [0.4, 0.5) is 11.5 Å². The fourth-order valence-corrected chi connectivity index (χ4v) is 5.05. The Labute approximate surface area is 204 Å². The number of aromatic nitrogens is 6. The van der Waals surface area contributed by atoms with Crippen molar-refractivity contribution in [3.63, 3.8) is 0 Å². The van der Waals surface area contributed by atoms with E-state index in [2.05, 4.69) is 25.2 Å². The Balaban J connectivity index is 1.57. The highest BCUT2D eigenvalue weighted by Crippen LogP contribution is 2.39. The van der Waals surface area contributed by atoms with Crippen LogP contribution in [0.2, 0.25) is 5.02 Å². The molecule has 4 aromatic heterocycles. The van der Waals surface area contributed by atoms with Crippen molar-refractivity contribution >= 4 is 45.6 Å². The lowest BCUT2D eigenvalue weighted by Gasteiger charge is -2.28. The molecule has 1 aliphatic rings. The number of halogens is 1. The van der Waals surface area contributed by atoms with Gasteiger partial charge in [0, 0.05) is 25.9 Å². The van der Waals surface area contributed by atoms with E-state index in [1.165, 1.54) is 13.3 Å². The summed E-state index contributed by atoms with van der Waals surface area (Å²) in [6.45, 7) is 2.16. The number of hydrogen-bond acceptors (Lipinski definition) is 6. The number of para-hydroxylation sites is 1. The maximum atomic E-state index is 13.7. The molecular weight excluding hydrogens is 468 g/mol. The fourth-order valence-electron chi connectivity index (χ4n) is 4.83. The molecule has 5 aromatic rings. The predicted molar refractivity (Wildman–Crippen MR) is 133 cm³/mol. The van der Waals surface area contributed by atoms with Crippen molar-refractivity contribution in [2.24, 2.45) is 0 Å². The smallest absolute Gasteiger partial charge is 0.284 e. The first-order valence-corrected chi connectivity index (χ1v) is 11.6. The zero-order chi connectivity index (χ0) is 24.1. The Morgan fingerprint density at radius 3 is 2.83 bits per heavy atom. The Kier molecular flexibility index (Phi) is 5.03. The summed E-state index contributed by atoms with van der Waals surface area (Å²) in [5, 5.41) is 8.78. The molecule has 0 aliphatic carbocycles. The van der Waals surface area contributed by atoms with Gasteiger partial charge in [0.25, 0.3) is 5.56 Å². The van der Waals surface area contributed by atoms with Crippen molar-refractivity contribution < 1.29 is 4.79 Å². The van der Waals surface area contributed by atoms with Gasteiger partial charge in [-0.3, -0.25) is 14.2 Å². The summed E-state index contributed by atoms with van der Waals surface area (Å²) in [5.74, 6) is 1.07. The number of fused-ring (bicyclic) bond motifs is 2. The van der Waals surface area contributed by atoms with Crippen LogP contribution < -0.4 is 15.8 Å². The van der Waals surface area contributed by atoms with Crippen LogP contribution in [0.1, 0.15) is 31.6 Å². The quantitative estimate of drug-likeness (QED) is 0.398. The monoisotopic (exact) mass is 488 g/mol. The third kappa shape index (κ3) is 3.45. The molecule has 0 saturated carbocycles. The van der Waals surface area contributed by atoms with Gasteiger partial charge in [0.1, 0.15) is 23.3 Å². The maximum absolute atomic E-state index is 13.7. The summed E-state index contributed by atoms with van der Waals surface area (Å²) < 4.78 is 3.18. The lowest BCUT2D eigenvalue weighted by Crippen LogP contribution is -2.33. The molecule has 5 heterocycles. The number of rotatable bonds is 4. The summed E-state index contributed by atoms with van der Waals surface area (Å²) >= 11 is 6.35. The molecule has 10 nitrogen and oxygen atoms in total. The zero-order valence-corrected chi connectivity index (χ0v) is 19.5. The average molecular weight is 489 g/mol. The third-order valence-corrected chi connectivity index (χ3v) is 6.57. The first kappa shape index (κ1) is 21.4. The Bertz CT molecular complexity index is 1640. The van der Waals surface area contributed by atoms with Gasteiger partial charge in [-0.2, -0.15) is 5.10 Å². The van der Waals surface area contributed by atoms with E-state index in [0.29, 0.717) is 51.1 Å². The molecule has 35 heavy (non-hydrogen) atoms. The predicted octanol–water partition coefficient (Wildman–Crippen LogP) is 3.71. The molecular formula is C24H21ClN8O2. The van der Waals surface area contributed by atoms with Crippen molar-refractivity contribution in [1.29, 1.82) is 0 Å². The van der Waals surface area contributed by atoms with Crippen LogP contribution in [-0.2, 0) is 4.79 Å². The van der Waals surface area contributed by atoms with Gasteiger partial charge in [0.2, 0.25) is 5.91 Å². The van der Waals surface area contributed by atoms with Gasteiger partial charge in [-0.1, -0.05) is 29.8 Å². The number of benzene rings is 1. The SMILES string of the molecule is CC(=O)Nc1c[nH]c2ncnc(N3CCC[C@H]3c3nn4ccc(Cl)c4c(=O)n3-c3ccccc3)c12. The number of anilines is 2. The van der Waals surface area contributed by atoms with Crippen LogP contribution in [0.25, 0.3) is 22.2 Å². The number of carbonyl (C=O) groups is 1. The molecule has 0 unspecified atom stereocenters. The first-order chi connectivity index (χ1) is 17.0. The minimum atomic E-state index is -0.244. The highest BCUT2D eigenvalue weighted by atomic mass is 35.5. The van der Waals surface area contributed by atoms with Crippen molar-refractivity contribution in [2.75, 3.05) is 16.8 Å². The van der Waals surface area contributed by atoms with Gasteiger partial charge >= 0.3 is 0 Å².